The summed E-state index contributed by atoms with van der Waals surface area (Å²) in [4.78, 5) is 0. The van der Waals surface area contributed by atoms with Gasteiger partial charge in [-0.2, -0.15) is 11.3 Å². The van der Waals surface area contributed by atoms with Gasteiger partial charge in [0.25, 0.3) is 0 Å². The van der Waals surface area contributed by atoms with Crippen molar-refractivity contribution in [2.24, 2.45) is 5.84 Å². The highest BCUT2D eigenvalue weighted by molar-refractivity contribution is 9.10. The van der Waals surface area contributed by atoms with E-state index in [0.29, 0.717) is 0 Å². The molecule has 84 valence electrons. The first-order valence-electron chi connectivity index (χ1n) is 4.97. The number of halogens is 1. The lowest BCUT2D eigenvalue weighted by Crippen LogP contribution is -2.29. The molecule has 0 aliphatic heterocycles. The second kappa shape index (κ2) is 5.10. The van der Waals surface area contributed by atoms with Gasteiger partial charge in [-0.3, -0.25) is 5.84 Å². The Kier molecular flexibility index (Phi) is 3.76. The second-order valence-electron chi connectivity index (χ2n) is 3.63. The molecule has 0 amide bonds. The maximum absolute atomic E-state index is 5.67. The van der Waals surface area contributed by atoms with Gasteiger partial charge in [0.15, 0.2) is 0 Å². The molecule has 1 atom stereocenters. The molecule has 2 nitrogen and oxygen atoms in total. The van der Waals surface area contributed by atoms with Crippen LogP contribution in [-0.2, 0) is 0 Å². The third-order valence-electron chi connectivity index (χ3n) is 2.62. The van der Waals surface area contributed by atoms with Crippen molar-refractivity contribution in [2.75, 3.05) is 0 Å². The van der Waals surface area contributed by atoms with E-state index >= 15 is 0 Å². The largest absolute Gasteiger partial charge is 0.271 e. The number of hydrogen-bond donors (Lipinski definition) is 2. The third-order valence-corrected chi connectivity index (χ3v) is 4.37. The quantitative estimate of drug-likeness (QED) is 0.673. The molecule has 0 radical (unpaired) electrons. The number of benzene rings is 1. The van der Waals surface area contributed by atoms with Gasteiger partial charge in [-0.1, -0.05) is 24.3 Å². The molecular weight excluding hydrogens is 284 g/mol. The Hall–Kier alpha value is -0.680. The van der Waals surface area contributed by atoms with Crippen molar-refractivity contribution in [3.8, 4) is 0 Å². The molecule has 1 aromatic carbocycles. The maximum Gasteiger partial charge on any atom is 0.0731 e. The zero-order valence-electron chi connectivity index (χ0n) is 8.91. The SMILES string of the molecule is Cc1ccccc1C(NN)c1cscc1Br. The zero-order chi connectivity index (χ0) is 11.5. The highest BCUT2D eigenvalue weighted by Gasteiger charge is 2.17. The minimum absolute atomic E-state index is 0.0434. The molecule has 2 rings (SSSR count). The summed E-state index contributed by atoms with van der Waals surface area (Å²) in [6.45, 7) is 2.10. The normalized spacial score (nSPS) is 12.7. The first-order valence-corrected chi connectivity index (χ1v) is 6.71. The van der Waals surface area contributed by atoms with Crippen LogP contribution in [0.15, 0.2) is 39.5 Å². The van der Waals surface area contributed by atoms with Gasteiger partial charge in [0.05, 0.1) is 6.04 Å². The van der Waals surface area contributed by atoms with E-state index in [0.717, 1.165) is 4.47 Å². The van der Waals surface area contributed by atoms with E-state index in [-0.39, 0.29) is 6.04 Å². The van der Waals surface area contributed by atoms with E-state index in [4.69, 9.17) is 5.84 Å². The van der Waals surface area contributed by atoms with E-state index in [1.807, 2.05) is 12.1 Å². The molecule has 1 heterocycles. The van der Waals surface area contributed by atoms with Gasteiger partial charge in [0, 0.05) is 9.85 Å². The Bertz CT molecular complexity index is 481. The fourth-order valence-electron chi connectivity index (χ4n) is 1.76. The van der Waals surface area contributed by atoms with Gasteiger partial charge < -0.3 is 0 Å². The van der Waals surface area contributed by atoms with Gasteiger partial charge >= 0.3 is 0 Å². The summed E-state index contributed by atoms with van der Waals surface area (Å²) >= 11 is 5.21. The predicted molar refractivity (Wildman–Crippen MR) is 72.4 cm³/mol. The number of nitrogens with one attached hydrogen (secondary N) is 1. The summed E-state index contributed by atoms with van der Waals surface area (Å²) in [5, 5.41) is 4.18. The van der Waals surface area contributed by atoms with E-state index < -0.39 is 0 Å². The Labute approximate surface area is 108 Å². The summed E-state index contributed by atoms with van der Waals surface area (Å²) in [5.41, 5.74) is 6.51. The van der Waals surface area contributed by atoms with Crippen LogP contribution in [0.4, 0.5) is 0 Å². The summed E-state index contributed by atoms with van der Waals surface area (Å²) in [6.07, 6.45) is 0. The van der Waals surface area contributed by atoms with Crippen molar-refractivity contribution in [1.29, 1.82) is 0 Å². The fourth-order valence-corrected chi connectivity index (χ4v) is 3.31. The van der Waals surface area contributed by atoms with Crippen LogP contribution in [0, 0.1) is 6.92 Å². The molecule has 16 heavy (non-hydrogen) atoms. The molecule has 0 fully saturated rings. The Balaban J connectivity index is 2.45. The van der Waals surface area contributed by atoms with Crippen molar-refractivity contribution >= 4 is 27.3 Å². The van der Waals surface area contributed by atoms with Gasteiger partial charge in [0.2, 0.25) is 0 Å². The lowest BCUT2D eigenvalue weighted by atomic mass is 9.97. The van der Waals surface area contributed by atoms with Crippen LogP contribution >= 0.6 is 27.3 Å². The number of rotatable bonds is 3. The van der Waals surface area contributed by atoms with Crippen molar-refractivity contribution in [3.63, 3.8) is 0 Å². The van der Waals surface area contributed by atoms with Crippen molar-refractivity contribution < 1.29 is 0 Å². The first-order chi connectivity index (χ1) is 7.74. The molecule has 0 aliphatic carbocycles. The van der Waals surface area contributed by atoms with Gasteiger partial charge in [0.1, 0.15) is 0 Å². The lowest BCUT2D eigenvalue weighted by molar-refractivity contribution is 0.633. The second-order valence-corrected chi connectivity index (χ2v) is 5.23. The molecule has 0 saturated carbocycles. The Morgan fingerprint density at radius 2 is 2.00 bits per heavy atom. The summed E-state index contributed by atoms with van der Waals surface area (Å²) in [6, 6.07) is 8.31. The maximum atomic E-state index is 5.67. The first kappa shape index (κ1) is 11.8. The Morgan fingerprint density at radius 3 is 2.56 bits per heavy atom. The number of hydrogen-bond acceptors (Lipinski definition) is 3. The van der Waals surface area contributed by atoms with Crippen LogP contribution in [0.25, 0.3) is 0 Å². The van der Waals surface area contributed by atoms with Crippen LogP contribution < -0.4 is 11.3 Å². The van der Waals surface area contributed by atoms with Gasteiger partial charge in [-0.05, 0) is 44.9 Å². The van der Waals surface area contributed by atoms with E-state index in [2.05, 4.69) is 51.2 Å². The topological polar surface area (TPSA) is 38.0 Å². The lowest BCUT2D eigenvalue weighted by Gasteiger charge is -2.18. The Morgan fingerprint density at radius 1 is 1.25 bits per heavy atom. The molecule has 4 heteroatoms. The highest BCUT2D eigenvalue weighted by atomic mass is 79.9. The molecule has 1 aromatic heterocycles. The highest BCUT2D eigenvalue weighted by Crippen LogP contribution is 2.32. The smallest absolute Gasteiger partial charge is 0.0731 e. The molecule has 0 spiro atoms. The standard InChI is InChI=1S/C12H13BrN2S/c1-8-4-2-3-5-9(8)12(15-14)10-6-16-7-11(10)13/h2-7,12,15H,14H2,1H3. The summed E-state index contributed by atoms with van der Waals surface area (Å²) in [5.74, 6) is 5.67. The van der Waals surface area contributed by atoms with E-state index in [1.165, 1.54) is 16.7 Å². The van der Waals surface area contributed by atoms with Crippen LogP contribution in [0.5, 0.6) is 0 Å². The van der Waals surface area contributed by atoms with Gasteiger partial charge in [-0.25, -0.2) is 5.43 Å². The molecule has 0 aliphatic rings. The molecule has 3 N–H and O–H groups in total. The van der Waals surface area contributed by atoms with Crippen LogP contribution in [0.1, 0.15) is 22.7 Å². The number of thiophene rings is 1. The number of nitrogens with two attached hydrogens (primary N) is 1. The molecule has 1 unspecified atom stereocenters. The van der Waals surface area contributed by atoms with Crippen LogP contribution in [-0.4, -0.2) is 0 Å². The third kappa shape index (κ3) is 2.20. The molecule has 2 aromatic rings. The minimum atomic E-state index is 0.0434. The van der Waals surface area contributed by atoms with Gasteiger partial charge in [-0.15, -0.1) is 0 Å². The molecule has 0 saturated heterocycles. The fraction of sp³-hybridized carbons (Fsp3) is 0.167. The monoisotopic (exact) mass is 296 g/mol. The molecular formula is C12H13BrN2S. The summed E-state index contributed by atoms with van der Waals surface area (Å²) in [7, 11) is 0. The number of hydrazine groups is 1. The van der Waals surface area contributed by atoms with Crippen LogP contribution in [0.2, 0.25) is 0 Å². The summed E-state index contributed by atoms with van der Waals surface area (Å²) < 4.78 is 1.10. The average molecular weight is 297 g/mol. The van der Waals surface area contributed by atoms with Crippen molar-refractivity contribution in [1.82, 2.24) is 5.43 Å². The number of aryl methyl sites for hydroxylation is 1. The average Bonchev–Trinajstić information content (AvgIpc) is 2.69. The zero-order valence-corrected chi connectivity index (χ0v) is 11.3. The van der Waals surface area contributed by atoms with E-state index in [9.17, 15) is 0 Å². The van der Waals surface area contributed by atoms with E-state index in [1.54, 1.807) is 11.3 Å². The van der Waals surface area contributed by atoms with Crippen molar-refractivity contribution in [2.45, 2.75) is 13.0 Å². The molecule has 0 bridgehead atoms. The van der Waals surface area contributed by atoms with Crippen LogP contribution in [0.3, 0.4) is 0 Å². The predicted octanol–water partition coefficient (Wildman–Crippen LogP) is 3.37. The minimum Gasteiger partial charge on any atom is -0.271 e. The van der Waals surface area contributed by atoms with Crippen molar-refractivity contribution in [3.05, 3.63) is 56.2 Å².